The van der Waals surface area contributed by atoms with E-state index in [1.165, 1.54) is 38.5 Å². The van der Waals surface area contributed by atoms with Crippen LogP contribution in [-0.2, 0) is 0 Å². The first kappa shape index (κ1) is 12.2. The monoisotopic (exact) mass is 256 g/mol. The topological polar surface area (TPSA) is 42.7 Å². The van der Waals surface area contributed by atoms with Gasteiger partial charge in [0.15, 0.2) is 5.82 Å². The van der Waals surface area contributed by atoms with Crippen molar-refractivity contribution in [2.75, 3.05) is 5.32 Å². The Morgan fingerprint density at radius 1 is 1.11 bits per heavy atom. The van der Waals surface area contributed by atoms with Gasteiger partial charge in [-0.1, -0.05) is 25.7 Å². The van der Waals surface area contributed by atoms with Gasteiger partial charge in [-0.2, -0.15) is 5.10 Å². The highest BCUT2D eigenvalue weighted by atomic mass is 15.3. The minimum Gasteiger partial charge on any atom is -0.381 e. The van der Waals surface area contributed by atoms with Gasteiger partial charge in [0.2, 0.25) is 0 Å². The minimum atomic E-state index is 0.611. The number of aromatic nitrogens is 3. The molecule has 19 heavy (non-hydrogen) atoms. The highest BCUT2D eigenvalue weighted by molar-refractivity contribution is 5.44. The molecule has 2 aromatic rings. The third kappa shape index (κ3) is 3.13. The van der Waals surface area contributed by atoms with Gasteiger partial charge in [-0.3, -0.25) is 0 Å². The molecule has 1 N–H and O–H groups in total. The van der Waals surface area contributed by atoms with Gasteiger partial charge < -0.3 is 5.32 Å². The molecule has 1 aliphatic rings. The van der Waals surface area contributed by atoms with E-state index in [2.05, 4.69) is 21.5 Å². The summed E-state index contributed by atoms with van der Waals surface area (Å²) < 4.78 is 1.77. The molecule has 0 atom stereocenters. The van der Waals surface area contributed by atoms with Crippen molar-refractivity contribution in [2.24, 2.45) is 0 Å². The van der Waals surface area contributed by atoms with Gasteiger partial charge in [-0.15, -0.1) is 0 Å². The quantitative estimate of drug-likeness (QED) is 0.856. The van der Waals surface area contributed by atoms with Crippen molar-refractivity contribution in [2.45, 2.75) is 44.6 Å². The van der Waals surface area contributed by atoms with Crippen molar-refractivity contribution in [3.05, 3.63) is 36.8 Å². The molecule has 0 aromatic carbocycles. The van der Waals surface area contributed by atoms with E-state index in [1.807, 2.05) is 24.5 Å². The lowest BCUT2D eigenvalue weighted by Gasteiger charge is -2.17. The van der Waals surface area contributed by atoms with Crippen LogP contribution in [0.25, 0.3) is 5.82 Å². The second-order valence-corrected chi connectivity index (χ2v) is 5.19. The predicted octanol–water partition coefficient (Wildman–Crippen LogP) is 3.40. The van der Waals surface area contributed by atoms with E-state index < -0.39 is 0 Å². The van der Waals surface area contributed by atoms with E-state index in [1.54, 1.807) is 10.9 Å². The Morgan fingerprint density at radius 3 is 2.58 bits per heavy atom. The summed E-state index contributed by atoms with van der Waals surface area (Å²) in [5.74, 6) is 0.858. The molecule has 0 saturated heterocycles. The van der Waals surface area contributed by atoms with Gasteiger partial charge in [-0.25, -0.2) is 9.67 Å². The van der Waals surface area contributed by atoms with Crippen molar-refractivity contribution in [3.63, 3.8) is 0 Å². The number of pyridine rings is 1. The van der Waals surface area contributed by atoms with Gasteiger partial charge in [0.25, 0.3) is 0 Å². The molecule has 0 aliphatic heterocycles. The SMILES string of the molecule is c1cnn(-c2ccc(NC3CCCCCC3)cn2)c1. The summed E-state index contributed by atoms with van der Waals surface area (Å²) in [4.78, 5) is 4.45. The first-order chi connectivity index (χ1) is 9.42. The minimum absolute atomic E-state index is 0.611. The van der Waals surface area contributed by atoms with Crippen LogP contribution >= 0.6 is 0 Å². The maximum atomic E-state index is 4.45. The van der Waals surface area contributed by atoms with Crippen LogP contribution in [0.5, 0.6) is 0 Å². The molecule has 0 spiro atoms. The van der Waals surface area contributed by atoms with Gasteiger partial charge in [0.1, 0.15) is 0 Å². The molecule has 0 unspecified atom stereocenters. The molecular weight excluding hydrogens is 236 g/mol. The lowest BCUT2D eigenvalue weighted by molar-refractivity contribution is 0.619. The zero-order chi connectivity index (χ0) is 12.9. The first-order valence-corrected chi connectivity index (χ1v) is 7.14. The highest BCUT2D eigenvalue weighted by Gasteiger charge is 2.11. The fourth-order valence-corrected chi connectivity index (χ4v) is 2.67. The van der Waals surface area contributed by atoms with Crippen molar-refractivity contribution >= 4 is 5.69 Å². The Hall–Kier alpha value is -1.84. The second kappa shape index (κ2) is 5.87. The van der Waals surface area contributed by atoms with Crippen LogP contribution in [0.2, 0.25) is 0 Å². The summed E-state index contributed by atoms with van der Waals surface area (Å²) in [5, 5.41) is 7.78. The van der Waals surface area contributed by atoms with E-state index in [9.17, 15) is 0 Å². The Bertz CT molecular complexity index is 481. The Balaban J connectivity index is 1.65. The zero-order valence-corrected chi connectivity index (χ0v) is 11.1. The molecule has 4 heteroatoms. The molecule has 1 fully saturated rings. The third-order valence-electron chi connectivity index (χ3n) is 3.71. The standard InChI is InChI=1S/C15H20N4/c1-2-4-7-13(6-3-1)18-14-8-9-15(16-12-14)19-11-5-10-17-19/h5,8-13,18H,1-4,6-7H2. The van der Waals surface area contributed by atoms with Gasteiger partial charge in [0.05, 0.1) is 11.9 Å². The van der Waals surface area contributed by atoms with E-state index in [0.29, 0.717) is 6.04 Å². The third-order valence-corrected chi connectivity index (χ3v) is 3.71. The predicted molar refractivity (Wildman–Crippen MR) is 76.5 cm³/mol. The number of nitrogens with one attached hydrogen (secondary N) is 1. The number of hydrogen-bond donors (Lipinski definition) is 1. The van der Waals surface area contributed by atoms with Crippen molar-refractivity contribution in [1.82, 2.24) is 14.8 Å². The van der Waals surface area contributed by atoms with Crippen LogP contribution in [0.1, 0.15) is 38.5 Å². The molecule has 2 heterocycles. The van der Waals surface area contributed by atoms with Gasteiger partial charge in [0, 0.05) is 18.4 Å². The van der Waals surface area contributed by atoms with Crippen molar-refractivity contribution < 1.29 is 0 Å². The van der Waals surface area contributed by atoms with E-state index in [4.69, 9.17) is 0 Å². The first-order valence-electron chi connectivity index (χ1n) is 7.14. The zero-order valence-electron chi connectivity index (χ0n) is 11.1. The van der Waals surface area contributed by atoms with Gasteiger partial charge in [-0.05, 0) is 31.0 Å². The molecule has 3 rings (SSSR count). The molecular formula is C15H20N4. The molecule has 1 saturated carbocycles. The van der Waals surface area contributed by atoms with Crippen LogP contribution in [0.4, 0.5) is 5.69 Å². The van der Waals surface area contributed by atoms with E-state index in [0.717, 1.165) is 11.5 Å². The van der Waals surface area contributed by atoms with Crippen LogP contribution in [0, 0.1) is 0 Å². The van der Waals surface area contributed by atoms with E-state index in [-0.39, 0.29) is 0 Å². The summed E-state index contributed by atoms with van der Waals surface area (Å²) in [7, 11) is 0. The summed E-state index contributed by atoms with van der Waals surface area (Å²) in [6.45, 7) is 0. The molecule has 100 valence electrons. The summed E-state index contributed by atoms with van der Waals surface area (Å²) in [5.41, 5.74) is 1.11. The number of nitrogens with zero attached hydrogens (tertiary/aromatic N) is 3. The Kier molecular flexibility index (Phi) is 3.77. The number of anilines is 1. The maximum Gasteiger partial charge on any atom is 0.153 e. The van der Waals surface area contributed by atoms with Crippen molar-refractivity contribution in [3.8, 4) is 5.82 Å². The summed E-state index contributed by atoms with van der Waals surface area (Å²) >= 11 is 0. The lowest BCUT2D eigenvalue weighted by Crippen LogP contribution is -2.18. The number of rotatable bonds is 3. The fourth-order valence-electron chi connectivity index (χ4n) is 2.67. The largest absolute Gasteiger partial charge is 0.381 e. The Labute approximate surface area is 113 Å². The Morgan fingerprint density at radius 2 is 1.95 bits per heavy atom. The summed E-state index contributed by atoms with van der Waals surface area (Å²) in [6, 6.07) is 6.61. The number of hydrogen-bond acceptors (Lipinski definition) is 3. The highest BCUT2D eigenvalue weighted by Crippen LogP contribution is 2.21. The molecule has 1 aliphatic carbocycles. The average Bonchev–Trinajstić information content (AvgIpc) is 2.86. The molecule has 0 bridgehead atoms. The van der Waals surface area contributed by atoms with Crippen molar-refractivity contribution in [1.29, 1.82) is 0 Å². The molecule has 0 amide bonds. The maximum absolute atomic E-state index is 4.45. The second-order valence-electron chi connectivity index (χ2n) is 5.19. The van der Waals surface area contributed by atoms with E-state index >= 15 is 0 Å². The smallest absolute Gasteiger partial charge is 0.153 e. The fraction of sp³-hybridized carbons (Fsp3) is 0.467. The van der Waals surface area contributed by atoms with Crippen LogP contribution < -0.4 is 5.32 Å². The average molecular weight is 256 g/mol. The lowest BCUT2D eigenvalue weighted by atomic mass is 10.1. The van der Waals surface area contributed by atoms with Crippen LogP contribution in [0.15, 0.2) is 36.8 Å². The summed E-state index contributed by atoms with van der Waals surface area (Å²) in [6.07, 6.45) is 13.6. The van der Waals surface area contributed by atoms with Crippen LogP contribution in [-0.4, -0.2) is 20.8 Å². The molecule has 0 radical (unpaired) electrons. The van der Waals surface area contributed by atoms with Crippen LogP contribution in [0.3, 0.4) is 0 Å². The normalized spacial score (nSPS) is 17.1. The molecule has 2 aromatic heterocycles. The van der Waals surface area contributed by atoms with Gasteiger partial charge >= 0.3 is 0 Å². The molecule has 4 nitrogen and oxygen atoms in total.